The molecule has 0 spiro atoms. The number of imidazole rings is 1. The van der Waals surface area contributed by atoms with E-state index in [4.69, 9.17) is 23.2 Å². The van der Waals surface area contributed by atoms with E-state index in [1.807, 2.05) is 43.0 Å². The summed E-state index contributed by atoms with van der Waals surface area (Å²) in [6.45, 7) is 2.69. The monoisotopic (exact) mass is 308 g/mol. The molecule has 3 rings (SSSR count). The van der Waals surface area contributed by atoms with Gasteiger partial charge in [0, 0.05) is 18.8 Å². The third kappa shape index (κ3) is 2.19. The maximum Gasteiger partial charge on any atom is 0.125 e. The normalized spacial score (nSPS) is 11.4. The summed E-state index contributed by atoms with van der Waals surface area (Å²) in [5, 5.41) is 5.02. The van der Waals surface area contributed by atoms with E-state index >= 15 is 0 Å². The lowest BCUT2D eigenvalue weighted by molar-refractivity contribution is 0.754. The predicted molar refractivity (Wildman–Crippen MR) is 81.3 cm³/mol. The second kappa shape index (κ2) is 5.11. The van der Waals surface area contributed by atoms with Gasteiger partial charge in [-0.2, -0.15) is 5.10 Å². The van der Waals surface area contributed by atoms with Crippen LogP contribution in [-0.4, -0.2) is 19.3 Å². The fourth-order valence-corrected chi connectivity index (χ4v) is 2.83. The van der Waals surface area contributed by atoms with Gasteiger partial charge in [0.05, 0.1) is 28.7 Å². The van der Waals surface area contributed by atoms with Gasteiger partial charge in [0.2, 0.25) is 0 Å². The Morgan fingerprint density at radius 1 is 1.30 bits per heavy atom. The van der Waals surface area contributed by atoms with Gasteiger partial charge in [-0.1, -0.05) is 17.7 Å². The van der Waals surface area contributed by atoms with Gasteiger partial charge < -0.3 is 4.57 Å². The molecule has 0 amide bonds. The first-order chi connectivity index (χ1) is 9.60. The zero-order valence-corrected chi connectivity index (χ0v) is 12.8. The van der Waals surface area contributed by atoms with E-state index < -0.39 is 0 Å². The second-order valence-corrected chi connectivity index (χ2v) is 5.44. The molecule has 3 aromatic rings. The molecule has 2 heterocycles. The standard InChI is InChI=1S/C14H14Cl2N4/c1-9-10(7-19(2)18-9)8-20-12-5-3-4-11(16)14(12)17-13(20)6-15/h3-5,7H,6,8H2,1-2H3. The lowest BCUT2D eigenvalue weighted by Gasteiger charge is -2.06. The summed E-state index contributed by atoms with van der Waals surface area (Å²) in [5.74, 6) is 1.17. The maximum atomic E-state index is 6.20. The van der Waals surface area contributed by atoms with E-state index in [1.54, 1.807) is 0 Å². The first-order valence-corrected chi connectivity index (χ1v) is 7.20. The fraction of sp³-hybridized carbons (Fsp3) is 0.286. The minimum atomic E-state index is 0.352. The van der Waals surface area contributed by atoms with Crippen LogP contribution in [0.15, 0.2) is 24.4 Å². The van der Waals surface area contributed by atoms with Crippen molar-refractivity contribution in [1.29, 1.82) is 0 Å². The number of halogens is 2. The summed E-state index contributed by atoms with van der Waals surface area (Å²) in [6.07, 6.45) is 2.02. The predicted octanol–water partition coefficient (Wildman–Crippen LogP) is 3.52. The number of nitrogens with zero attached hydrogens (tertiary/aromatic N) is 4. The molecule has 0 saturated carbocycles. The van der Waals surface area contributed by atoms with Gasteiger partial charge in [0.15, 0.2) is 0 Å². The Kier molecular flexibility index (Phi) is 3.44. The number of aromatic nitrogens is 4. The average Bonchev–Trinajstić information content (AvgIpc) is 2.92. The molecule has 0 N–H and O–H groups in total. The van der Waals surface area contributed by atoms with Crippen LogP contribution in [0.4, 0.5) is 0 Å². The summed E-state index contributed by atoms with van der Waals surface area (Å²) in [6, 6.07) is 5.78. The maximum absolute atomic E-state index is 6.20. The first-order valence-electron chi connectivity index (χ1n) is 6.29. The third-order valence-electron chi connectivity index (χ3n) is 3.37. The molecular weight excluding hydrogens is 295 g/mol. The van der Waals surface area contributed by atoms with Crippen LogP contribution in [-0.2, 0) is 19.5 Å². The number of aryl methyl sites for hydroxylation is 2. The smallest absolute Gasteiger partial charge is 0.125 e. The van der Waals surface area contributed by atoms with Crippen LogP contribution in [0.25, 0.3) is 11.0 Å². The SMILES string of the molecule is Cc1nn(C)cc1Cn1c(CCl)nc2c(Cl)cccc21. The molecule has 2 aromatic heterocycles. The quantitative estimate of drug-likeness (QED) is 0.694. The van der Waals surface area contributed by atoms with Crippen molar-refractivity contribution < 1.29 is 0 Å². The van der Waals surface area contributed by atoms with Gasteiger partial charge in [-0.05, 0) is 19.1 Å². The van der Waals surface area contributed by atoms with Crippen LogP contribution >= 0.6 is 23.2 Å². The molecule has 0 unspecified atom stereocenters. The van der Waals surface area contributed by atoms with Crippen molar-refractivity contribution in [3.05, 3.63) is 46.5 Å². The number of fused-ring (bicyclic) bond motifs is 1. The molecular formula is C14H14Cl2N4. The Hall–Kier alpha value is -1.52. The Balaban J connectivity index is 2.15. The lowest BCUT2D eigenvalue weighted by Crippen LogP contribution is -2.04. The fourth-order valence-electron chi connectivity index (χ4n) is 2.41. The highest BCUT2D eigenvalue weighted by Crippen LogP contribution is 2.25. The van der Waals surface area contributed by atoms with Gasteiger partial charge in [-0.3, -0.25) is 4.68 Å². The van der Waals surface area contributed by atoms with Crippen LogP contribution in [0, 0.1) is 6.92 Å². The highest BCUT2D eigenvalue weighted by Gasteiger charge is 2.14. The van der Waals surface area contributed by atoms with E-state index in [0.29, 0.717) is 17.4 Å². The Labute approximate surface area is 126 Å². The van der Waals surface area contributed by atoms with Crippen LogP contribution < -0.4 is 0 Å². The molecule has 6 heteroatoms. The highest BCUT2D eigenvalue weighted by molar-refractivity contribution is 6.35. The molecule has 0 fully saturated rings. The van der Waals surface area contributed by atoms with Crippen molar-refractivity contribution >= 4 is 34.2 Å². The van der Waals surface area contributed by atoms with Gasteiger partial charge in [-0.15, -0.1) is 11.6 Å². The van der Waals surface area contributed by atoms with E-state index in [2.05, 4.69) is 14.6 Å². The summed E-state index contributed by atoms with van der Waals surface area (Å²) >= 11 is 12.2. The summed E-state index contributed by atoms with van der Waals surface area (Å²) in [4.78, 5) is 4.54. The minimum absolute atomic E-state index is 0.352. The number of hydrogen-bond donors (Lipinski definition) is 0. The lowest BCUT2D eigenvalue weighted by atomic mass is 10.2. The topological polar surface area (TPSA) is 35.6 Å². The Morgan fingerprint density at radius 3 is 2.75 bits per heavy atom. The molecule has 4 nitrogen and oxygen atoms in total. The van der Waals surface area contributed by atoms with Crippen LogP contribution in [0.3, 0.4) is 0 Å². The Morgan fingerprint density at radius 2 is 2.10 bits per heavy atom. The van der Waals surface area contributed by atoms with Crippen molar-refractivity contribution in [3.8, 4) is 0 Å². The van der Waals surface area contributed by atoms with E-state index in [0.717, 1.165) is 28.1 Å². The molecule has 0 radical (unpaired) electrons. The highest BCUT2D eigenvalue weighted by atomic mass is 35.5. The summed E-state index contributed by atoms with van der Waals surface area (Å²) in [5.41, 5.74) is 3.96. The van der Waals surface area contributed by atoms with Crippen LogP contribution in [0.2, 0.25) is 5.02 Å². The van der Waals surface area contributed by atoms with Gasteiger partial charge in [-0.25, -0.2) is 4.98 Å². The minimum Gasteiger partial charge on any atom is -0.322 e. The molecule has 104 valence electrons. The van der Waals surface area contributed by atoms with E-state index in [1.165, 1.54) is 0 Å². The zero-order valence-electron chi connectivity index (χ0n) is 11.3. The number of para-hydroxylation sites is 1. The first kappa shape index (κ1) is 13.5. The molecule has 0 saturated heterocycles. The van der Waals surface area contributed by atoms with Crippen molar-refractivity contribution in [1.82, 2.24) is 19.3 Å². The molecule has 0 aliphatic heterocycles. The summed E-state index contributed by atoms with van der Waals surface area (Å²) in [7, 11) is 1.92. The number of alkyl halides is 1. The molecule has 0 bridgehead atoms. The molecule has 0 atom stereocenters. The largest absolute Gasteiger partial charge is 0.322 e. The summed E-state index contributed by atoms with van der Waals surface area (Å²) < 4.78 is 3.91. The van der Waals surface area contributed by atoms with Gasteiger partial charge >= 0.3 is 0 Å². The third-order valence-corrected chi connectivity index (χ3v) is 3.92. The van der Waals surface area contributed by atoms with E-state index in [-0.39, 0.29) is 0 Å². The van der Waals surface area contributed by atoms with E-state index in [9.17, 15) is 0 Å². The zero-order chi connectivity index (χ0) is 14.3. The molecule has 0 aliphatic carbocycles. The van der Waals surface area contributed by atoms with Crippen LogP contribution in [0.5, 0.6) is 0 Å². The van der Waals surface area contributed by atoms with Crippen LogP contribution in [0.1, 0.15) is 17.1 Å². The second-order valence-electron chi connectivity index (χ2n) is 4.77. The Bertz CT molecular complexity index is 773. The van der Waals surface area contributed by atoms with Gasteiger partial charge in [0.25, 0.3) is 0 Å². The molecule has 1 aromatic carbocycles. The number of hydrogen-bond acceptors (Lipinski definition) is 2. The molecule has 20 heavy (non-hydrogen) atoms. The number of benzene rings is 1. The van der Waals surface area contributed by atoms with Crippen molar-refractivity contribution in [2.45, 2.75) is 19.3 Å². The van der Waals surface area contributed by atoms with Crippen molar-refractivity contribution in [3.63, 3.8) is 0 Å². The van der Waals surface area contributed by atoms with Crippen molar-refractivity contribution in [2.24, 2.45) is 7.05 Å². The molecule has 0 aliphatic rings. The van der Waals surface area contributed by atoms with Crippen molar-refractivity contribution in [2.75, 3.05) is 0 Å². The van der Waals surface area contributed by atoms with Gasteiger partial charge in [0.1, 0.15) is 11.3 Å². The number of rotatable bonds is 3. The average molecular weight is 309 g/mol.